The van der Waals surface area contributed by atoms with Crippen LogP contribution in [-0.4, -0.2) is 30.1 Å². The number of urea groups is 1. The Labute approximate surface area is 128 Å². The number of likely N-dealkylation sites (tertiary alicyclic amines) is 1. The van der Waals surface area contributed by atoms with Crippen LogP contribution < -0.4 is 5.32 Å². The maximum Gasteiger partial charge on any atom is 0.317 e. The van der Waals surface area contributed by atoms with E-state index in [0.29, 0.717) is 6.04 Å². The highest BCUT2D eigenvalue weighted by molar-refractivity contribution is 5.74. The number of carbonyl (C=O) groups excluding carboxylic acids is 1. The predicted molar refractivity (Wildman–Crippen MR) is 84.0 cm³/mol. The van der Waals surface area contributed by atoms with Gasteiger partial charge in [0.2, 0.25) is 0 Å². The van der Waals surface area contributed by atoms with Crippen LogP contribution in [0.4, 0.5) is 4.79 Å². The highest BCUT2D eigenvalue weighted by Gasteiger charge is 2.48. The molecule has 0 spiro atoms. The number of hydrogen-bond acceptors (Lipinski definition) is 1. The van der Waals surface area contributed by atoms with Crippen molar-refractivity contribution in [2.75, 3.05) is 13.1 Å². The molecule has 2 amide bonds. The summed E-state index contributed by atoms with van der Waals surface area (Å²) >= 11 is 0. The zero-order chi connectivity index (χ0) is 14.4. The van der Waals surface area contributed by atoms with Gasteiger partial charge in [-0.15, -0.1) is 0 Å². The van der Waals surface area contributed by atoms with Gasteiger partial charge in [-0.1, -0.05) is 13.3 Å². The minimum absolute atomic E-state index is 0.241. The van der Waals surface area contributed by atoms with Gasteiger partial charge in [0.15, 0.2) is 0 Å². The van der Waals surface area contributed by atoms with Crippen LogP contribution in [0.2, 0.25) is 0 Å². The molecule has 1 N–H and O–H groups in total. The number of piperidine rings is 1. The largest absolute Gasteiger partial charge is 0.335 e. The van der Waals surface area contributed by atoms with Crippen molar-refractivity contribution in [1.82, 2.24) is 10.2 Å². The molecule has 4 aliphatic carbocycles. The molecule has 1 heterocycles. The molecule has 5 fully saturated rings. The van der Waals surface area contributed by atoms with Gasteiger partial charge in [0.05, 0.1) is 0 Å². The van der Waals surface area contributed by atoms with Crippen molar-refractivity contribution >= 4 is 6.03 Å². The highest BCUT2D eigenvalue weighted by atomic mass is 16.2. The molecule has 5 aliphatic rings. The number of nitrogens with zero attached hydrogens (tertiary/aromatic N) is 1. The Bertz CT molecular complexity index is 380. The lowest BCUT2D eigenvalue weighted by Crippen LogP contribution is -2.58. The van der Waals surface area contributed by atoms with Gasteiger partial charge in [-0.25, -0.2) is 4.79 Å². The second kappa shape index (κ2) is 5.48. The minimum Gasteiger partial charge on any atom is -0.335 e. The summed E-state index contributed by atoms with van der Waals surface area (Å²) in [5.41, 5.74) is 0. The Kier molecular flexibility index (Phi) is 3.63. The van der Waals surface area contributed by atoms with Crippen LogP contribution in [0.1, 0.15) is 58.3 Å². The van der Waals surface area contributed by atoms with Gasteiger partial charge in [0, 0.05) is 19.1 Å². The van der Waals surface area contributed by atoms with E-state index in [1.807, 2.05) is 0 Å². The average Bonchev–Trinajstić information content (AvgIpc) is 2.50. The monoisotopic (exact) mass is 290 g/mol. The first-order valence-electron chi connectivity index (χ1n) is 9.28. The van der Waals surface area contributed by atoms with E-state index >= 15 is 0 Å². The van der Waals surface area contributed by atoms with Crippen LogP contribution >= 0.6 is 0 Å². The molecule has 1 atom stereocenters. The predicted octanol–water partition coefficient (Wildman–Crippen LogP) is 3.64. The summed E-state index contributed by atoms with van der Waals surface area (Å²) in [6.45, 7) is 4.20. The molecule has 0 radical (unpaired) electrons. The molecular formula is C18H30N2O. The van der Waals surface area contributed by atoms with Gasteiger partial charge in [0.1, 0.15) is 0 Å². The van der Waals surface area contributed by atoms with Gasteiger partial charge in [-0.3, -0.25) is 0 Å². The van der Waals surface area contributed by atoms with Crippen molar-refractivity contribution in [2.45, 2.75) is 64.3 Å². The molecule has 0 aromatic heterocycles. The highest BCUT2D eigenvalue weighted by Crippen LogP contribution is 2.53. The third-order valence-corrected chi connectivity index (χ3v) is 6.90. The third-order valence-electron chi connectivity index (χ3n) is 6.90. The first-order valence-corrected chi connectivity index (χ1v) is 9.28. The fraction of sp³-hybridized carbons (Fsp3) is 0.944. The fourth-order valence-electron chi connectivity index (χ4n) is 5.98. The molecule has 1 saturated heterocycles. The molecule has 1 unspecified atom stereocenters. The van der Waals surface area contributed by atoms with E-state index in [1.54, 1.807) is 0 Å². The summed E-state index contributed by atoms with van der Waals surface area (Å²) in [7, 11) is 0. The number of rotatable bonds is 2. The minimum atomic E-state index is 0.241. The summed E-state index contributed by atoms with van der Waals surface area (Å²) in [4.78, 5) is 14.8. The first-order chi connectivity index (χ1) is 10.2. The maximum absolute atomic E-state index is 12.7. The lowest BCUT2D eigenvalue weighted by Gasteiger charge is -2.54. The van der Waals surface area contributed by atoms with Crippen LogP contribution in [0.5, 0.6) is 0 Å². The molecule has 0 aromatic rings. The topological polar surface area (TPSA) is 32.3 Å². The summed E-state index contributed by atoms with van der Waals surface area (Å²) < 4.78 is 0. The van der Waals surface area contributed by atoms with Crippen molar-refractivity contribution in [2.24, 2.45) is 29.6 Å². The lowest BCUT2D eigenvalue weighted by molar-refractivity contribution is -0.0115. The summed E-state index contributed by atoms with van der Waals surface area (Å²) in [6.07, 6.45) is 10.7. The molecule has 118 valence electrons. The van der Waals surface area contributed by atoms with Crippen LogP contribution in [0.15, 0.2) is 0 Å². The Balaban J connectivity index is 1.38. The molecule has 3 nitrogen and oxygen atoms in total. The third kappa shape index (κ3) is 2.57. The zero-order valence-electron chi connectivity index (χ0n) is 13.4. The van der Waals surface area contributed by atoms with Crippen molar-refractivity contribution in [3.8, 4) is 0 Å². The Hall–Kier alpha value is -0.730. The second-order valence-electron chi connectivity index (χ2n) is 8.27. The summed E-state index contributed by atoms with van der Waals surface area (Å²) in [6, 6.07) is 0.734. The van der Waals surface area contributed by atoms with E-state index in [1.165, 1.54) is 51.4 Å². The molecular weight excluding hydrogens is 260 g/mol. The van der Waals surface area contributed by atoms with E-state index in [0.717, 1.165) is 42.7 Å². The Morgan fingerprint density at radius 3 is 2.38 bits per heavy atom. The second-order valence-corrected chi connectivity index (χ2v) is 8.27. The number of hydrogen-bond donors (Lipinski definition) is 1. The van der Waals surface area contributed by atoms with Crippen LogP contribution in [0.3, 0.4) is 0 Å². The maximum atomic E-state index is 12.7. The van der Waals surface area contributed by atoms with Crippen molar-refractivity contribution in [3.05, 3.63) is 0 Å². The summed E-state index contributed by atoms with van der Waals surface area (Å²) in [5.74, 6) is 4.28. The van der Waals surface area contributed by atoms with E-state index in [4.69, 9.17) is 0 Å². The molecule has 1 aliphatic heterocycles. The lowest BCUT2D eigenvalue weighted by atomic mass is 9.54. The Morgan fingerprint density at radius 1 is 1.10 bits per heavy atom. The van der Waals surface area contributed by atoms with Gasteiger partial charge in [-0.05, 0) is 74.5 Å². The van der Waals surface area contributed by atoms with E-state index in [-0.39, 0.29) is 6.03 Å². The van der Waals surface area contributed by atoms with Crippen LogP contribution in [-0.2, 0) is 0 Å². The fourth-order valence-corrected chi connectivity index (χ4v) is 5.98. The SMILES string of the molecule is CCC1CCCN(C(=O)NC2C3CC4CC(C3)CC2C4)C1. The standard InChI is InChI=1S/C18H30N2O/c1-2-12-4-3-5-20(11-12)18(21)19-17-15-7-13-6-14(9-15)10-16(17)8-13/h12-17H,2-11H2,1H3,(H,19,21). The smallest absolute Gasteiger partial charge is 0.317 e. The van der Waals surface area contributed by atoms with E-state index in [9.17, 15) is 4.79 Å². The van der Waals surface area contributed by atoms with E-state index in [2.05, 4.69) is 17.1 Å². The van der Waals surface area contributed by atoms with Crippen molar-refractivity contribution < 1.29 is 4.79 Å². The van der Waals surface area contributed by atoms with Gasteiger partial charge in [0.25, 0.3) is 0 Å². The van der Waals surface area contributed by atoms with Gasteiger partial charge < -0.3 is 10.2 Å². The van der Waals surface area contributed by atoms with Crippen LogP contribution in [0, 0.1) is 29.6 Å². The normalized spacial score (nSPS) is 44.9. The molecule has 5 rings (SSSR count). The number of nitrogens with one attached hydrogen (secondary N) is 1. The summed E-state index contributed by atoms with van der Waals surface area (Å²) in [5, 5.41) is 3.46. The molecule has 21 heavy (non-hydrogen) atoms. The quantitative estimate of drug-likeness (QED) is 0.827. The van der Waals surface area contributed by atoms with Gasteiger partial charge >= 0.3 is 6.03 Å². The zero-order valence-corrected chi connectivity index (χ0v) is 13.4. The van der Waals surface area contributed by atoms with Crippen molar-refractivity contribution in [3.63, 3.8) is 0 Å². The van der Waals surface area contributed by atoms with Crippen molar-refractivity contribution in [1.29, 1.82) is 0 Å². The first kappa shape index (κ1) is 13.9. The Morgan fingerprint density at radius 2 is 1.76 bits per heavy atom. The molecule has 4 saturated carbocycles. The van der Waals surface area contributed by atoms with Gasteiger partial charge in [-0.2, -0.15) is 0 Å². The molecule has 0 aromatic carbocycles. The van der Waals surface area contributed by atoms with E-state index < -0.39 is 0 Å². The van der Waals surface area contributed by atoms with Crippen LogP contribution in [0.25, 0.3) is 0 Å². The molecule has 4 bridgehead atoms. The average molecular weight is 290 g/mol. The molecule has 3 heteroatoms. The number of amides is 2. The number of carbonyl (C=O) groups is 1.